The van der Waals surface area contributed by atoms with Crippen LogP contribution in [-0.4, -0.2) is 18.5 Å². The van der Waals surface area contributed by atoms with Crippen LogP contribution < -0.4 is 0 Å². The summed E-state index contributed by atoms with van der Waals surface area (Å²) in [6.07, 6.45) is 1.17. The van der Waals surface area contributed by atoms with E-state index in [1.807, 2.05) is 30.3 Å². The summed E-state index contributed by atoms with van der Waals surface area (Å²) in [5, 5.41) is 0. The average molecular weight is 263 g/mol. The molecule has 0 radical (unpaired) electrons. The van der Waals surface area contributed by atoms with Gasteiger partial charge >= 0.3 is 0 Å². The molecule has 2 aromatic carbocycles. The quantitative estimate of drug-likeness (QED) is 0.756. The van der Waals surface area contributed by atoms with Crippen molar-refractivity contribution in [2.24, 2.45) is 0 Å². The first-order valence-electron chi connectivity index (χ1n) is 7.13. The smallest absolute Gasteiger partial charge is 0.0294 e. The van der Waals surface area contributed by atoms with Gasteiger partial charge in [-0.3, -0.25) is 0 Å². The largest absolute Gasteiger partial charge is 0.302 e. The lowest BCUT2D eigenvalue weighted by Gasteiger charge is -2.16. The standard InChI is InChI=1S/C19H21N/c1-3-15-20(2)16-19-12-8-7-11-18(19)14-13-17-9-5-4-6-10-17/h4-12H,3,15-16H2,1-2H3. The van der Waals surface area contributed by atoms with Crippen LogP contribution in [0.4, 0.5) is 0 Å². The van der Waals surface area contributed by atoms with Crippen LogP contribution in [0.1, 0.15) is 30.0 Å². The van der Waals surface area contributed by atoms with Gasteiger partial charge in [0.2, 0.25) is 0 Å². The second-order valence-corrected chi connectivity index (χ2v) is 5.01. The van der Waals surface area contributed by atoms with Gasteiger partial charge in [-0.25, -0.2) is 0 Å². The van der Waals surface area contributed by atoms with Gasteiger partial charge in [-0.05, 0) is 43.8 Å². The zero-order valence-electron chi connectivity index (χ0n) is 12.3. The maximum atomic E-state index is 3.30. The molecule has 0 fully saturated rings. The zero-order valence-corrected chi connectivity index (χ0v) is 12.3. The Hall–Kier alpha value is -2.04. The molecule has 0 spiro atoms. The van der Waals surface area contributed by atoms with Crippen LogP contribution in [0.25, 0.3) is 0 Å². The van der Waals surface area contributed by atoms with Gasteiger partial charge in [-0.2, -0.15) is 0 Å². The van der Waals surface area contributed by atoms with Gasteiger partial charge in [0.1, 0.15) is 0 Å². The third-order valence-corrected chi connectivity index (χ3v) is 3.18. The molecule has 0 aliphatic heterocycles. The van der Waals surface area contributed by atoms with Gasteiger partial charge in [-0.15, -0.1) is 0 Å². The Labute approximate surface area is 122 Å². The molecule has 0 heterocycles. The maximum Gasteiger partial charge on any atom is 0.0294 e. The van der Waals surface area contributed by atoms with Gasteiger partial charge < -0.3 is 4.90 Å². The Morgan fingerprint density at radius 1 is 0.900 bits per heavy atom. The molecule has 1 heteroatoms. The summed E-state index contributed by atoms with van der Waals surface area (Å²) in [4.78, 5) is 2.34. The maximum absolute atomic E-state index is 3.30. The minimum atomic E-state index is 0.952. The average Bonchev–Trinajstić information content (AvgIpc) is 2.48. The molecule has 0 unspecified atom stereocenters. The monoisotopic (exact) mass is 263 g/mol. The van der Waals surface area contributed by atoms with Gasteiger partial charge in [-0.1, -0.05) is 55.2 Å². The number of benzene rings is 2. The molecular formula is C19H21N. The van der Waals surface area contributed by atoms with E-state index < -0.39 is 0 Å². The highest BCUT2D eigenvalue weighted by Crippen LogP contribution is 2.10. The van der Waals surface area contributed by atoms with Crippen LogP contribution in [0.15, 0.2) is 54.6 Å². The lowest BCUT2D eigenvalue weighted by Crippen LogP contribution is -2.19. The summed E-state index contributed by atoms with van der Waals surface area (Å²) in [6, 6.07) is 18.5. The SMILES string of the molecule is CCCN(C)Cc1ccccc1C#Cc1ccccc1. The van der Waals surface area contributed by atoms with Crippen LogP contribution in [0.3, 0.4) is 0 Å². The van der Waals surface area contributed by atoms with Gasteiger partial charge in [0.25, 0.3) is 0 Å². The third kappa shape index (κ3) is 4.26. The molecular weight excluding hydrogens is 242 g/mol. The molecule has 1 nitrogen and oxygen atoms in total. The highest BCUT2D eigenvalue weighted by atomic mass is 15.1. The molecule has 0 atom stereocenters. The van der Waals surface area contributed by atoms with Crippen LogP contribution in [0.2, 0.25) is 0 Å². The van der Waals surface area contributed by atoms with Crippen molar-refractivity contribution in [1.29, 1.82) is 0 Å². The molecule has 0 saturated carbocycles. The Morgan fingerprint density at radius 2 is 1.60 bits per heavy atom. The summed E-state index contributed by atoms with van der Waals surface area (Å²) in [6.45, 7) is 4.27. The first-order valence-corrected chi connectivity index (χ1v) is 7.13. The number of hydrogen-bond donors (Lipinski definition) is 0. The molecule has 0 N–H and O–H groups in total. The highest BCUT2D eigenvalue weighted by Gasteiger charge is 2.02. The van der Waals surface area contributed by atoms with Crippen LogP contribution >= 0.6 is 0 Å². The molecule has 0 saturated heterocycles. The number of nitrogens with zero attached hydrogens (tertiary/aromatic N) is 1. The van der Waals surface area contributed by atoms with E-state index in [4.69, 9.17) is 0 Å². The van der Waals surface area contributed by atoms with E-state index >= 15 is 0 Å². The van der Waals surface area contributed by atoms with Crippen molar-refractivity contribution in [2.75, 3.05) is 13.6 Å². The zero-order chi connectivity index (χ0) is 14.2. The van der Waals surface area contributed by atoms with Crippen molar-refractivity contribution in [2.45, 2.75) is 19.9 Å². The van der Waals surface area contributed by atoms with E-state index in [0.29, 0.717) is 0 Å². The van der Waals surface area contributed by atoms with E-state index in [-0.39, 0.29) is 0 Å². The van der Waals surface area contributed by atoms with Crippen LogP contribution in [-0.2, 0) is 6.54 Å². The summed E-state index contributed by atoms with van der Waals surface area (Å²) in [5.41, 5.74) is 3.48. The van der Waals surface area contributed by atoms with Crippen LogP contribution in [0, 0.1) is 11.8 Å². The van der Waals surface area contributed by atoms with E-state index in [1.165, 1.54) is 12.0 Å². The molecule has 102 valence electrons. The van der Waals surface area contributed by atoms with E-state index in [2.05, 4.69) is 55.0 Å². The second-order valence-electron chi connectivity index (χ2n) is 5.01. The molecule has 0 bridgehead atoms. The van der Waals surface area contributed by atoms with Crippen molar-refractivity contribution in [1.82, 2.24) is 4.90 Å². The van der Waals surface area contributed by atoms with Gasteiger partial charge in [0.15, 0.2) is 0 Å². The first kappa shape index (κ1) is 14.4. The van der Waals surface area contributed by atoms with Crippen molar-refractivity contribution in [3.8, 4) is 11.8 Å². The Kier molecular flexibility index (Phi) is 5.41. The fraction of sp³-hybridized carbons (Fsp3) is 0.263. The van der Waals surface area contributed by atoms with Gasteiger partial charge in [0, 0.05) is 17.7 Å². The molecule has 2 aromatic rings. The predicted molar refractivity (Wildman–Crippen MR) is 85.5 cm³/mol. The Balaban J connectivity index is 2.18. The number of rotatable bonds is 4. The summed E-state index contributed by atoms with van der Waals surface area (Å²) < 4.78 is 0. The van der Waals surface area contributed by atoms with Crippen molar-refractivity contribution in [3.63, 3.8) is 0 Å². The van der Waals surface area contributed by atoms with Crippen molar-refractivity contribution < 1.29 is 0 Å². The fourth-order valence-electron chi connectivity index (χ4n) is 2.19. The Morgan fingerprint density at radius 3 is 2.35 bits per heavy atom. The van der Waals surface area contributed by atoms with E-state index in [0.717, 1.165) is 24.2 Å². The third-order valence-electron chi connectivity index (χ3n) is 3.18. The molecule has 0 aliphatic rings. The molecule has 0 aromatic heterocycles. The molecule has 0 aliphatic carbocycles. The summed E-state index contributed by atoms with van der Waals surface area (Å²) in [7, 11) is 2.16. The lowest BCUT2D eigenvalue weighted by atomic mass is 10.1. The van der Waals surface area contributed by atoms with Gasteiger partial charge in [0.05, 0.1) is 0 Å². The van der Waals surface area contributed by atoms with E-state index in [9.17, 15) is 0 Å². The normalized spacial score (nSPS) is 10.2. The molecule has 2 rings (SSSR count). The first-order chi connectivity index (χ1) is 9.79. The fourth-order valence-corrected chi connectivity index (χ4v) is 2.19. The Bertz CT molecular complexity index is 590. The van der Waals surface area contributed by atoms with Crippen LogP contribution in [0.5, 0.6) is 0 Å². The minimum Gasteiger partial charge on any atom is -0.302 e. The van der Waals surface area contributed by atoms with E-state index in [1.54, 1.807) is 0 Å². The van der Waals surface area contributed by atoms with Crippen molar-refractivity contribution in [3.05, 3.63) is 71.3 Å². The second kappa shape index (κ2) is 7.53. The lowest BCUT2D eigenvalue weighted by molar-refractivity contribution is 0.327. The van der Waals surface area contributed by atoms with Crippen molar-refractivity contribution >= 4 is 0 Å². The molecule has 20 heavy (non-hydrogen) atoms. The topological polar surface area (TPSA) is 3.24 Å². The molecule has 0 amide bonds. The summed E-state index contributed by atoms with van der Waals surface area (Å²) >= 11 is 0. The number of hydrogen-bond acceptors (Lipinski definition) is 1. The minimum absolute atomic E-state index is 0.952. The predicted octanol–water partition coefficient (Wildman–Crippen LogP) is 3.93. The highest BCUT2D eigenvalue weighted by molar-refractivity contribution is 5.46. The summed E-state index contributed by atoms with van der Waals surface area (Å²) in [5.74, 6) is 6.54.